The number of carbonyl (C=O) groups is 2. The second kappa shape index (κ2) is 7.55. The summed E-state index contributed by atoms with van der Waals surface area (Å²) in [6.45, 7) is 3.12. The maximum atomic E-state index is 13.4. The van der Waals surface area contributed by atoms with Gasteiger partial charge in [-0.1, -0.05) is 18.2 Å². The maximum Gasteiger partial charge on any atom is 0.230 e. The van der Waals surface area contributed by atoms with Gasteiger partial charge in [0.2, 0.25) is 11.8 Å². The fourth-order valence-electron chi connectivity index (χ4n) is 4.69. The van der Waals surface area contributed by atoms with Gasteiger partial charge in [0.05, 0.1) is 5.92 Å². The molecule has 0 spiro atoms. The van der Waals surface area contributed by atoms with Crippen LogP contribution < -0.4 is 10.6 Å². The van der Waals surface area contributed by atoms with Gasteiger partial charge in [-0.2, -0.15) is 0 Å². The minimum atomic E-state index is -0.408. The van der Waals surface area contributed by atoms with Crippen molar-refractivity contribution in [2.75, 3.05) is 25.0 Å². The highest BCUT2D eigenvalue weighted by Crippen LogP contribution is 2.35. The van der Waals surface area contributed by atoms with E-state index in [4.69, 9.17) is 4.98 Å². The molecule has 2 atom stereocenters. The average molecular weight is 391 g/mol. The first kappa shape index (κ1) is 18.2. The molecule has 1 fully saturated rings. The van der Waals surface area contributed by atoms with E-state index < -0.39 is 5.92 Å². The van der Waals surface area contributed by atoms with Crippen molar-refractivity contribution in [2.24, 2.45) is 0 Å². The van der Waals surface area contributed by atoms with Crippen molar-refractivity contribution in [1.29, 1.82) is 0 Å². The molecule has 0 saturated carbocycles. The molecule has 0 aliphatic carbocycles. The van der Waals surface area contributed by atoms with Gasteiger partial charge in [-0.3, -0.25) is 9.59 Å². The smallest absolute Gasteiger partial charge is 0.230 e. The molecule has 29 heavy (non-hydrogen) atoms. The predicted molar refractivity (Wildman–Crippen MR) is 108 cm³/mol. The third-order valence-corrected chi connectivity index (χ3v) is 6.22. The van der Waals surface area contributed by atoms with Crippen molar-refractivity contribution < 1.29 is 9.59 Å². The van der Waals surface area contributed by atoms with Crippen LogP contribution in [0.15, 0.2) is 30.5 Å². The lowest BCUT2D eigenvalue weighted by molar-refractivity contribution is -0.136. The van der Waals surface area contributed by atoms with Gasteiger partial charge >= 0.3 is 0 Å². The van der Waals surface area contributed by atoms with Gasteiger partial charge in [0, 0.05) is 68.1 Å². The summed E-state index contributed by atoms with van der Waals surface area (Å²) >= 11 is 0. The first-order valence-corrected chi connectivity index (χ1v) is 10.4. The quantitative estimate of drug-likeness (QED) is 0.817. The van der Waals surface area contributed by atoms with Crippen LogP contribution in [0.2, 0.25) is 0 Å². The number of fused-ring (bicyclic) bond motifs is 2. The third-order valence-electron chi connectivity index (χ3n) is 6.22. The van der Waals surface area contributed by atoms with Crippen molar-refractivity contribution in [1.82, 2.24) is 20.2 Å². The van der Waals surface area contributed by atoms with E-state index in [0.29, 0.717) is 6.54 Å². The standard InChI is InChI=1S/C22H25N5O2/c28-20-10-17(16-5-1-2-6-19(16)25-20)22(29)27-9-3-4-14(13-27)21-24-12-15-11-23-8-7-18(15)26-21/h1-2,5-6,12,14,17,23H,3-4,7-11,13H2,(H,25,28)/t14-,17-/m1/s1. The van der Waals surface area contributed by atoms with Crippen LogP contribution in [0.3, 0.4) is 0 Å². The summed E-state index contributed by atoms with van der Waals surface area (Å²) < 4.78 is 0. The number of anilines is 1. The Morgan fingerprint density at radius 2 is 2.14 bits per heavy atom. The first-order chi connectivity index (χ1) is 14.2. The Balaban J connectivity index is 1.36. The number of hydrogen-bond donors (Lipinski definition) is 2. The van der Waals surface area contributed by atoms with Crippen LogP contribution in [-0.4, -0.2) is 46.3 Å². The fraction of sp³-hybridized carbons (Fsp3) is 0.455. The van der Waals surface area contributed by atoms with E-state index in [1.54, 1.807) is 0 Å². The van der Waals surface area contributed by atoms with E-state index in [-0.39, 0.29) is 24.2 Å². The molecular weight excluding hydrogens is 366 g/mol. The molecule has 1 aromatic carbocycles. The third kappa shape index (κ3) is 3.51. The van der Waals surface area contributed by atoms with Crippen molar-refractivity contribution >= 4 is 17.5 Å². The van der Waals surface area contributed by atoms with Gasteiger partial charge in [0.25, 0.3) is 0 Å². The molecule has 0 radical (unpaired) electrons. The Hall–Kier alpha value is -2.80. The highest BCUT2D eigenvalue weighted by Gasteiger charge is 2.36. The number of rotatable bonds is 2. The summed E-state index contributed by atoms with van der Waals surface area (Å²) in [4.78, 5) is 36.9. The minimum Gasteiger partial charge on any atom is -0.341 e. The van der Waals surface area contributed by atoms with E-state index in [9.17, 15) is 9.59 Å². The van der Waals surface area contributed by atoms with Crippen LogP contribution in [0.5, 0.6) is 0 Å². The molecule has 3 aliphatic heterocycles. The van der Waals surface area contributed by atoms with Crippen LogP contribution in [0.25, 0.3) is 0 Å². The molecule has 4 heterocycles. The molecule has 2 amide bonds. The molecule has 5 rings (SSSR count). The van der Waals surface area contributed by atoms with E-state index in [1.807, 2.05) is 35.4 Å². The Bertz CT molecular complexity index is 960. The van der Waals surface area contributed by atoms with Crippen LogP contribution in [0.4, 0.5) is 5.69 Å². The largest absolute Gasteiger partial charge is 0.341 e. The van der Waals surface area contributed by atoms with E-state index >= 15 is 0 Å². The first-order valence-electron chi connectivity index (χ1n) is 10.4. The summed E-state index contributed by atoms with van der Waals surface area (Å²) in [5.41, 5.74) is 3.97. The molecule has 1 aromatic heterocycles. The fourth-order valence-corrected chi connectivity index (χ4v) is 4.69. The number of carbonyl (C=O) groups excluding carboxylic acids is 2. The van der Waals surface area contributed by atoms with Crippen LogP contribution in [0.1, 0.15) is 53.7 Å². The zero-order chi connectivity index (χ0) is 19.8. The van der Waals surface area contributed by atoms with E-state index in [2.05, 4.69) is 15.6 Å². The van der Waals surface area contributed by atoms with Crippen LogP contribution >= 0.6 is 0 Å². The molecule has 2 aromatic rings. The number of hydrogen-bond acceptors (Lipinski definition) is 5. The average Bonchev–Trinajstić information content (AvgIpc) is 2.77. The van der Waals surface area contributed by atoms with Crippen LogP contribution in [-0.2, 0) is 22.6 Å². The molecule has 7 heteroatoms. The molecule has 0 unspecified atom stereocenters. The molecule has 7 nitrogen and oxygen atoms in total. The van der Waals surface area contributed by atoms with Gasteiger partial charge in [-0.25, -0.2) is 9.97 Å². The number of likely N-dealkylation sites (tertiary alicyclic amines) is 1. The molecule has 3 aliphatic rings. The van der Waals surface area contributed by atoms with Crippen molar-refractivity contribution in [3.05, 3.63) is 53.1 Å². The Labute approximate surface area is 169 Å². The topological polar surface area (TPSA) is 87.2 Å². The SMILES string of the molecule is O=C1C[C@@H](C(=O)N2CCC[C@@H](c3ncc4c(n3)CCNC4)C2)c2ccccc2N1. The Morgan fingerprint density at radius 3 is 3.07 bits per heavy atom. The van der Waals surface area contributed by atoms with Gasteiger partial charge in [0.15, 0.2) is 0 Å². The monoisotopic (exact) mass is 391 g/mol. The molecule has 0 bridgehead atoms. The summed E-state index contributed by atoms with van der Waals surface area (Å²) in [6, 6.07) is 7.61. The molecular formula is C22H25N5O2. The number of para-hydroxylation sites is 1. The summed E-state index contributed by atoms with van der Waals surface area (Å²) in [5, 5.41) is 6.22. The molecule has 150 valence electrons. The van der Waals surface area contributed by atoms with Crippen molar-refractivity contribution in [3.63, 3.8) is 0 Å². The second-order valence-corrected chi connectivity index (χ2v) is 8.14. The molecule has 2 N–H and O–H groups in total. The van der Waals surface area contributed by atoms with Gasteiger partial charge in [0.1, 0.15) is 5.82 Å². The number of amides is 2. The lowest BCUT2D eigenvalue weighted by Crippen LogP contribution is -2.43. The highest BCUT2D eigenvalue weighted by atomic mass is 16.2. The second-order valence-electron chi connectivity index (χ2n) is 8.14. The van der Waals surface area contributed by atoms with Gasteiger partial charge < -0.3 is 15.5 Å². The number of aromatic nitrogens is 2. The normalized spacial score (nSPS) is 23.7. The van der Waals surface area contributed by atoms with Crippen LogP contribution in [0, 0.1) is 0 Å². The highest BCUT2D eigenvalue weighted by molar-refractivity contribution is 6.01. The van der Waals surface area contributed by atoms with Gasteiger partial charge in [-0.05, 0) is 24.5 Å². The lowest BCUT2D eigenvalue weighted by Gasteiger charge is -2.36. The van der Waals surface area contributed by atoms with Crippen molar-refractivity contribution in [2.45, 2.75) is 44.1 Å². The molecule has 1 saturated heterocycles. The Morgan fingerprint density at radius 1 is 1.24 bits per heavy atom. The number of nitrogens with one attached hydrogen (secondary N) is 2. The van der Waals surface area contributed by atoms with Gasteiger partial charge in [-0.15, -0.1) is 0 Å². The van der Waals surface area contributed by atoms with E-state index in [1.165, 1.54) is 5.56 Å². The number of piperidine rings is 1. The number of benzene rings is 1. The maximum absolute atomic E-state index is 13.4. The lowest BCUT2D eigenvalue weighted by atomic mass is 9.88. The van der Waals surface area contributed by atoms with E-state index in [0.717, 1.165) is 61.7 Å². The summed E-state index contributed by atoms with van der Waals surface area (Å²) in [7, 11) is 0. The zero-order valence-corrected chi connectivity index (χ0v) is 16.4. The zero-order valence-electron chi connectivity index (χ0n) is 16.4. The minimum absolute atomic E-state index is 0.0409. The summed E-state index contributed by atoms with van der Waals surface area (Å²) in [5.74, 6) is 0.543. The Kier molecular flexibility index (Phi) is 4.75. The summed E-state index contributed by atoms with van der Waals surface area (Å²) in [6.07, 6.45) is 4.99. The van der Waals surface area contributed by atoms with Crippen molar-refractivity contribution in [3.8, 4) is 0 Å². The predicted octanol–water partition coefficient (Wildman–Crippen LogP) is 1.95. The number of nitrogens with zero attached hydrogens (tertiary/aromatic N) is 3.